The second-order valence-corrected chi connectivity index (χ2v) is 11.0. The third-order valence-electron chi connectivity index (χ3n) is 6.95. The number of amides is 1. The molecule has 0 fully saturated rings. The zero-order valence-corrected chi connectivity index (χ0v) is 24.1. The number of ether oxygens (including phenoxy) is 2. The Kier molecular flexibility index (Phi) is 7.67. The number of aryl methyl sites for hydroxylation is 3. The number of carbonyl (C=O) groups is 2. The minimum atomic E-state index is -0.963. The zero-order chi connectivity index (χ0) is 28.6. The van der Waals surface area contributed by atoms with Crippen molar-refractivity contribution in [1.82, 2.24) is 4.98 Å². The molecule has 40 heavy (non-hydrogen) atoms. The number of thiazole rings is 1. The molecule has 0 saturated heterocycles. The number of hydrogen-bond acceptors (Lipinski definition) is 8. The Hall–Kier alpha value is -4.11. The second-order valence-electron chi connectivity index (χ2n) is 9.97. The molecule has 0 bridgehead atoms. The summed E-state index contributed by atoms with van der Waals surface area (Å²) in [5, 5.41) is 11.5. The summed E-state index contributed by atoms with van der Waals surface area (Å²) in [6.07, 6.45) is 3.06. The van der Waals surface area contributed by atoms with Crippen molar-refractivity contribution < 1.29 is 28.6 Å². The van der Waals surface area contributed by atoms with E-state index in [1.165, 1.54) is 16.2 Å². The topological polar surface area (TPSA) is 102 Å². The van der Waals surface area contributed by atoms with Crippen LogP contribution in [0.1, 0.15) is 65.2 Å². The van der Waals surface area contributed by atoms with Gasteiger partial charge in [0.05, 0.1) is 35.5 Å². The van der Waals surface area contributed by atoms with Crippen LogP contribution in [-0.2, 0) is 4.79 Å². The third-order valence-corrected chi connectivity index (χ3v) is 7.95. The van der Waals surface area contributed by atoms with E-state index in [1.54, 1.807) is 44.4 Å². The van der Waals surface area contributed by atoms with Crippen molar-refractivity contribution in [2.75, 3.05) is 18.6 Å². The fourth-order valence-corrected chi connectivity index (χ4v) is 6.18. The molecule has 4 aromatic rings. The number of aliphatic hydroxyl groups excluding tert-OH is 1. The van der Waals surface area contributed by atoms with Crippen molar-refractivity contribution in [2.24, 2.45) is 0 Å². The van der Waals surface area contributed by atoms with Crippen LogP contribution in [-0.4, -0.2) is 35.5 Å². The first-order valence-corrected chi connectivity index (χ1v) is 14.1. The number of unbranched alkanes of at least 4 members (excludes halogenated alkanes) is 2. The molecule has 0 saturated carbocycles. The molecule has 1 amide bonds. The van der Waals surface area contributed by atoms with Gasteiger partial charge in [-0.3, -0.25) is 14.5 Å². The molecule has 8 nitrogen and oxygen atoms in total. The highest BCUT2D eigenvalue weighted by atomic mass is 32.1. The summed E-state index contributed by atoms with van der Waals surface area (Å²) in [4.78, 5) is 33.5. The van der Waals surface area contributed by atoms with E-state index < -0.39 is 23.5 Å². The highest BCUT2D eigenvalue weighted by molar-refractivity contribution is 7.22. The van der Waals surface area contributed by atoms with Gasteiger partial charge in [-0.25, -0.2) is 4.98 Å². The van der Waals surface area contributed by atoms with E-state index in [9.17, 15) is 14.7 Å². The molecule has 5 rings (SSSR count). The summed E-state index contributed by atoms with van der Waals surface area (Å²) in [6, 6.07) is 11.6. The van der Waals surface area contributed by atoms with Gasteiger partial charge in [0.2, 0.25) is 5.78 Å². The van der Waals surface area contributed by atoms with Gasteiger partial charge in [-0.15, -0.1) is 0 Å². The number of carbonyl (C=O) groups excluding carboxylic acids is 2. The van der Waals surface area contributed by atoms with Crippen LogP contribution in [0.4, 0.5) is 5.13 Å². The molecule has 208 valence electrons. The molecule has 1 aliphatic rings. The predicted octanol–water partition coefficient (Wildman–Crippen LogP) is 7.18. The van der Waals surface area contributed by atoms with Crippen LogP contribution < -0.4 is 14.4 Å². The van der Waals surface area contributed by atoms with Gasteiger partial charge in [-0.1, -0.05) is 43.2 Å². The van der Waals surface area contributed by atoms with E-state index in [0.29, 0.717) is 34.6 Å². The van der Waals surface area contributed by atoms with Crippen LogP contribution in [0.3, 0.4) is 0 Å². The maximum Gasteiger partial charge on any atom is 0.296 e. The molecular formula is C31H32N2O6S. The predicted molar refractivity (Wildman–Crippen MR) is 155 cm³/mol. The molecule has 2 aromatic heterocycles. The Morgan fingerprint density at radius 1 is 1.10 bits per heavy atom. The molecule has 2 aromatic carbocycles. The Morgan fingerprint density at radius 2 is 1.90 bits per heavy atom. The maximum absolute atomic E-state index is 13.7. The fraction of sp³-hybridized carbons (Fsp3) is 0.323. The number of aromatic nitrogens is 1. The van der Waals surface area contributed by atoms with Gasteiger partial charge in [0.1, 0.15) is 5.76 Å². The van der Waals surface area contributed by atoms with Gasteiger partial charge < -0.3 is 19.0 Å². The van der Waals surface area contributed by atoms with Gasteiger partial charge >= 0.3 is 0 Å². The fourth-order valence-electron chi connectivity index (χ4n) is 5.01. The summed E-state index contributed by atoms with van der Waals surface area (Å²) in [7, 11) is 1.54. The average molecular weight is 561 g/mol. The van der Waals surface area contributed by atoms with Crippen molar-refractivity contribution in [3.8, 4) is 11.5 Å². The first-order chi connectivity index (χ1) is 19.2. The molecule has 0 radical (unpaired) electrons. The lowest BCUT2D eigenvalue weighted by Gasteiger charge is -2.25. The Balaban J connectivity index is 1.62. The van der Waals surface area contributed by atoms with E-state index in [0.717, 1.165) is 40.6 Å². The smallest absolute Gasteiger partial charge is 0.296 e. The Bertz CT molecular complexity index is 1630. The summed E-state index contributed by atoms with van der Waals surface area (Å²) in [5.74, 6) is -0.296. The second kappa shape index (κ2) is 11.2. The van der Waals surface area contributed by atoms with E-state index in [-0.39, 0.29) is 11.3 Å². The molecule has 9 heteroatoms. The molecule has 0 aliphatic carbocycles. The number of nitrogens with zero attached hydrogens (tertiary/aromatic N) is 2. The number of Topliss-reactive ketones (excluding diaryl/α,β-unsaturated/α-hetero) is 1. The van der Waals surface area contributed by atoms with Crippen LogP contribution in [0.15, 0.2) is 58.2 Å². The van der Waals surface area contributed by atoms with Gasteiger partial charge in [-0.05, 0) is 74.2 Å². The van der Waals surface area contributed by atoms with Gasteiger partial charge in [0.15, 0.2) is 28.1 Å². The lowest BCUT2D eigenvalue weighted by atomic mass is 9.95. The van der Waals surface area contributed by atoms with Crippen molar-refractivity contribution in [3.05, 3.63) is 82.0 Å². The minimum Gasteiger partial charge on any atom is -0.503 e. The molecule has 1 N–H and O–H groups in total. The van der Waals surface area contributed by atoms with E-state index >= 15 is 0 Å². The van der Waals surface area contributed by atoms with Crippen molar-refractivity contribution in [3.63, 3.8) is 0 Å². The number of hydrogen-bond donors (Lipinski definition) is 1. The lowest BCUT2D eigenvalue weighted by molar-refractivity contribution is -0.117. The monoisotopic (exact) mass is 560 g/mol. The normalized spacial score (nSPS) is 15.4. The third kappa shape index (κ3) is 4.97. The number of ketones is 1. The first-order valence-electron chi connectivity index (χ1n) is 13.3. The van der Waals surface area contributed by atoms with E-state index in [1.807, 2.05) is 26.0 Å². The lowest BCUT2D eigenvalue weighted by Crippen LogP contribution is -2.31. The Morgan fingerprint density at radius 3 is 2.60 bits per heavy atom. The van der Waals surface area contributed by atoms with Gasteiger partial charge in [0, 0.05) is 0 Å². The number of anilines is 1. The molecule has 1 aliphatic heterocycles. The zero-order valence-electron chi connectivity index (χ0n) is 23.2. The van der Waals surface area contributed by atoms with Crippen LogP contribution in [0.5, 0.6) is 11.5 Å². The molecular weight excluding hydrogens is 528 g/mol. The van der Waals surface area contributed by atoms with Crippen molar-refractivity contribution >= 4 is 38.4 Å². The molecule has 3 heterocycles. The van der Waals surface area contributed by atoms with Crippen LogP contribution in [0.2, 0.25) is 0 Å². The van der Waals surface area contributed by atoms with E-state index in [4.69, 9.17) is 18.9 Å². The Labute approximate surface area is 236 Å². The first kappa shape index (κ1) is 27.5. The molecule has 0 spiro atoms. The van der Waals surface area contributed by atoms with Gasteiger partial charge in [-0.2, -0.15) is 0 Å². The number of fused-ring (bicyclic) bond motifs is 1. The van der Waals surface area contributed by atoms with Crippen LogP contribution in [0, 0.1) is 20.8 Å². The standard InChI is InChI=1S/C31H32N2O6S/c1-6-7-8-13-38-21-12-10-20(16-23(21)37-5)27-25(28(34)22-11-9-19(4)39-22)29(35)30(36)33(27)31-32-26-18(3)14-17(2)15-24(26)40-31/h9-12,14-16,27,35H,6-8,13H2,1-5H3. The number of benzene rings is 2. The maximum atomic E-state index is 13.7. The largest absolute Gasteiger partial charge is 0.503 e. The number of rotatable bonds is 10. The summed E-state index contributed by atoms with van der Waals surface area (Å²) in [5.41, 5.74) is 3.31. The average Bonchev–Trinajstić information content (AvgIpc) is 3.62. The van der Waals surface area contributed by atoms with Crippen molar-refractivity contribution in [2.45, 2.75) is 53.0 Å². The summed E-state index contributed by atoms with van der Waals surface area (Å²) >= 11 is 1.34. The highest BCUT2D eigenvalue weighted by Crippen LogP contribution is 2.46. The quantitative estimate of drug-likeness (QED) is 0.162. The summed E-state index contributed by atoms with van der Waals surface area (Å²) < 4.78 is 18.1. The minimum absolute atomic E-state index is 0.0392. The number of methoxy groups -OCH3 is 1. The molecule has 1 unspecified atom stereocenters. The molecule has 1 atom stereocenters. The SMILES string of the molecule is CCCCCOc1ccc(C2C(C(=O)c3ccc(C)o3)=C(O)C(=O)N2c2nc3c(C)cc(C)cc3s2)cc1OC. The van der Waals surface area contributed by atoms with Crippen molar-refractivity contribution in [1.29, 1.82) is 0 Å². The van der Waals surface area contributed by atoms with E-state index in [2.05, 4.69) is 6.92 Å². The van der Waals surface area contributed by atoms with Crippen LogP contribution in [0.25, 0.3) is 10.2 Å². The van der Waals surface area contributed by atoms with Gasteiger partial charge in [0.25, 0.3) is 5.91 Å². The number of aliphatic hydroxyl groups is 1. The number of furan rings is 1. The summed E-state index contributed by atoms with van der Waals surface area (Å²) in [6.45, 7) is 8.37. The highest BCUT2D eigenvalue weighted by Gasteiger charge is 2.46. The van der Waals surface area contributed by atoms with Crippen LogP contribution >= 0.6 is 11.3 Å².